The summed E-state index contributed by atoms with van der Waals surface area (Å²) in [5, 5.41) is 7.98. The Hall–Kier alpha value is -2.50. The molecule has 0 unspecified atom stereocenters. The van der Waals surface area contributed by atoms with E-state index in [1.807, 2.05) is 25.4 Å². The molecule has 0 atom stereocenters. The zero-order chi connectivity index (χ0) is 11.7. The van der Waals surface area contributed by atoms with E-state index in [0.717, 1.165) is 11.1 Å². The van der Waals surface area contributed by atoms with Crippen molar-refractivity contribution in [3.8, 4) is 22.8 Å². The molecule has 0 bridgehead atoms. The summed E-state index contributed by atoms with van der Waals surface area (Å²) in [6, 6.07) is 3.64. The van der Waals surface area contributed by atoms with Crippen molar-refractivity contribution >= 4 is 0 Å². The number of aryl methyl sites for hydroxylation is 1. The lowest BCUT2D eigenvalue weighted by Crippen LogP contribution is -1.84. The second-order valence-corrected chi connectivity index (χ2v) is 3.56. The van der Waals surface area contributed by atoms with Crippen molar-refractivity contribution < 1.29 is 4.52 Å². The molecule has 0 radical (unpaired) electrons. The minimum atomic E-state index is 0.478. The van der Waals surface area contributed by atoms with Crippen LogP contribution in [0, 0.1) is 0 Å². The molecular formula is C11H9N5O. The second kappa shape index (κ2) is 3.82. The molecule has 0 amide bonds. The van der Waals surface area contributed by atoms with E-state index in [1.165, 1.54) is 0 Å². The van der Waals surface area contributed by atoms with Crippen LogP contribution in [0.4, 0.5) is 0 Å². The van der Waals surface area contributed by atoms with Gasteiger partial charge in [-0.15, -0.1) is 0 Å². The molecule has 17 heavy (non-hydrogen) atoms. The van der Waals surface area contributed by atoms with Gasteiger partial charge in [0.25, 0.3) is 5.89 Å². The van der Waals surface area contributed by atoms with Gasteiger partial charge >= 0.3 is 0 Å². The quantitative estimate of drug-likeness (QED) is 0.664. The minimum Gasteiger partial charge on any atom is -0.334 e. The molecule has 0 saturated heterocycles. The Morgan fingerprint density at radius 2 is 2.00 bits per heavy atom. The normalized spacial score (nSPS) is 10.6. The van der Waals surface area contributed by atoms with Gasteiger partial charge in [-0.05, 0) is 12.1 Å². The van der Waals surface area contributed by atoms with Gasteiger partial charge in [-0.2, -0.15) is 10.1 Å². The summed E-state index contributed by atoms with van der Waals surface area (Å²) in [6.45, 7) is 0. The van der Waals surface area contributed by atoms with Crippen molar-refractivity contribution in [1.82, 2.24) is 24.9 Å². The van der Waals surface area contributed by atoms with Crippen molar-refractivity contribution in [3.63, 3.8) is 0 Å². The van der Waals surface area contributed by atoms with Crippen LogP contribution in [0.5, 0.6) is 0 Å². The Kier molecular flexibility index (Phi) is 2.18. The van der Waals surface area contributed by atoms with E-state index in [0.29, 0.717) is 11.7 Å². The maximum atomic E-state index is 5.19. The molecular weight excluding hydrogens is 218 g/mol. The number of pyridine rings is 1. The van der Waals surface area contributed by atoms with Crippen LogP contribution in [0.25, 0.3) is 22.8 Å². The molecule has 0 aliphatic rings. The molecule has 0 aliphatic heterocycles. The summed E-state index contributed by atoms with van der Waals surface area (Å²) in [4.78, 5) is 8.24. The summed E-state index contributed by atoms with van der Waals surface area (Å²) in [7, 11) is 1.84. The zero-order valence-electron chi connectivity index (χ0n) is 9.11. The average molecular weight is 227 g/mol. The Morgan fingerprint density at radius 1 is 1.18 bits per heavy atom. The van der Waals surface area contributed by atoms with Gasteiger partial charge in [-0.25, -0.2) is 0 Å². The SMILES string of the molecule is Cn1cc(-c2noc(-c3ccncc3)n2)cn1. The Morgan fingerprint density at radius 3 is 2.71 bits per heavy atom. The standard InChI is InChI=1S/C11H9N5O/c1-16-7-9(6-13-16)10-14-11(17-15-10)8-2-4-12-5-3-8/h2-7H,1H3. The lowest BCUT2D eigenvalue weighted by Gasteiger charge is -1.89. The van der Waals surface area contributed by atoms with E-state index < -0.39 is 0 Å². The molecule has 0 fully saturated rings. The number of rotatable bonds is 2. The van der Waals surface area contributed by atoms with Gasteiger partial charge in [0.15, 0.2) is 0 Å². The van der Waals surface area contributed by atoms with Crippen molar-refractivity contribution in [2.45, 2.75) is 0 Å². The molecule has 6 heteroatoms. The minimum absolute atomic E-state index is 0.478. The summed E-state index contributed by atoms with van der Waals surface area (Å²) < 4.78 is 6.88. The number of hydrogen-bond donors (Lipinski definition) is 0. The Bertz CT molecular complexity index is 628. The fourth-order valence-corrected chi connectivity index (χ4v) is 1.49. The lowest BCUT2D eigenvalue weighted by atomic mass is 10.3. The molecule has 3 rings (SSSR count). The van der Waals surface area contributed by atoms with Crippen LogP contribution in [-0.4, -0.2) is 24.9 Å². The Labute approximate surface area is 96.9 Å². The fourth-order valence-electron chi connectivity index (χ4n) is 1.49. The molecule has 0 aliphatic carbocycles. The maximum Gasteiger partial charge on any atom is 0.258 e. The first-order valence-corrected chi connectivity index (χ1v) is 5.06. The first-order chi connectivity index (χ1) is 8.33. The van der Waals surface area contributed by atoms with Crippen LogP contribution < -0.4 is 0 Å². The molecule has 0 saturated carbocycles. The molecule has 3 aromatic heterocycles. The van der Waals surface area contributed by atoms with Crippen LogP contribution in [0.1, 0.15) is 0 Å². The number of nitrogens with zero attached hydrogens (tertiary/aromatic N) is 5. The summed E-state index contributed by atoms with van der Waals surface area (Å²) >= 11 is 0. The summed E-state index contributed by atoms with van der Waals surface area (Å²) in [5.41, 5.74) is 1.68. The van der Waals surface area contributed by atoms with Crippen molar-refractivity contribution in [2.24, 2.45) is 7.05 Å². The zero-order valence-corrected chi connectivity index (χ0v) is 9.11. The molecule has 3 aromatic rings. The van der Waals surface area contributed by atoms with Gasteiger partial charge < -0.3 is 4.52 Å². The second-order valence-electron chi connectivity index (χ2n) is 3.56. The van der Waals surface area contributed by atoms with Crippen molar-refractivity contribution in [1.29, 1.82) is 0 Å². The third-order valence-electron chi connectivity index (χ3n) is 2.32. The van der Waals surface area contributed by atoms with E-state index in [2.05, 4.69) is 20.2 Å². The van der Waals surface area contributed by atoms with Crippen LogP contribution in [0.2, 0.25) is 0 Å². The maximum absolute atomic E-state index is 5.19. The first kappa shape index (κ1) is 9.71. The van der Waals surface area contributed by atoms with E-state index in [1.54, 1.807) is 23.3 Å². The van der Waals surface area contributed by atoms with Crippen LogP contribution in [0.15, 0.2) is 41.4 Å². The molecule has 84 valence electrons. The molecule has 6 nitrogen and oxygen atoms in total. The molecule has 3 heterocycles. The van der Waals surface area contributed by atoms with Gasteiger partial charge in [0, 0.05) is 31.2 Å². The number of hydrogen-bond acceptors (Lipinski definition) is 5. The topological polar surface area (TPSA) is 69.6 Å². The highest BCUT2D eigenvalue weighted by atomic mass is 16.5. The predicted octanol–water partition coefficient (Wildman–Crippen LogP) is 1.53. The van der Waals surface area contributed by atoms with E-state index in [-0.39, 0.29) is 0 Å². The van der Waals surface area contributed by atoms with Crippen molar-refractivity contribution in [2.75, 3.05) is 0 Å². The van der Waals surface area contributed by atoms with E-state index in [4.69, 9.17) is 4.52 Å². The van der Waals surface area contributed by atoms with Gasteiger partial charge in [0.05, 0.1) is 11.8 Å². The van der Waals surface area contributed by atoms with Gasteiger partial charge in [0.2, 0.25) is 5.82 Å². The van der Waals surface area contributed by atoms with Gasteiger partial charge in [-0.3, -0.25) is 9.67 Å². The summed E-state index contributed by atoms with van der Waals surface area (Å²) in [5.74, 6) is 1.01. The fraction of sp³-hybridized carbons (Fsp3) is 0.0909. The third kappa shape index (κ3) is 1.80. The first-order valence-electron chi connectivity index (χ1n) is 5.06. The molecule has 0 spiro atoms. The van der Waals surface area contributed by atoms with E-state index in [9.17, 15) is 0 Å². The summed E-state index contributed by atoms with van der Waals surface area (Å²) in [6.07, 6.45) is 6.90. The van der Waals surface area contributed by atoms with Crippen LogP contribution in [-0.2, 0) is 7.05 Å². The number of aromatic nitrogens is 5. The van der Waals surface area contributed by atoms with Crippen LogP contribution >= 0.6 is 0 Å². The highest BCUT2D eigenvalue weighted by Gasteiger charge is 2.11. The van der Waals surface area contributed by atoms with Crippen molar-refractivity contribution in [3.05, 3.63) is 36.9 Å². The lowest BCUT2D eigenvalue weighted by molar-refractivity contribution is 0.432. The van der Waals surface area contributed by atoms with E-state index >= 15 is 0 Å². The van der Waals surface area contributed by atoms with Crippen LogP contribution in [0.3, 0.4) is 0 Å². The van der Waals surface area contributed by atoms with Gasteiger partial charge in [-0.1, -0.05) is 5.16 Å². The molecule has 0 aromatic carbocycles. The smallest absolute Gasteiger partial charge is 0.258 e. The predicted molar refractivity (Wildman–Crippen MR) is 59.7 cm³/mol. The van der Waals surface area contributed by atoms with Gasteiger partial charge in [0.1, 0.15) is 0 Å². The highest BCUT2D eigenvalue weighted by molar-refractivity contribution is 5.57. The average Bonchev–Trinajstić information content (AvgIpc) is 2.98. The third-order valence-corrected chi connectivity index (χ3v) is 2.32. The highest BCUT2D eigenvalue weighted by Crippen LogP contribution is 2.20. The monoisotopic (exact) mass is 227 g/mol. The largest absolute Gasteiger partial charge is 0.334 e. The molecule has 0 N–H and O–H groups in total. The Balaban J connectivity index is 1.99.